The number of Topliss-reactive ketones (excluding diaryl/α,β-unsaturated/α-hetero) is 1. The number of hydrogen-bond acceptors (Lipinski definition) is 5. The molecule has 0 aliphatic carbocycles. The van der Waals surface area contributed by atoms with Gasteiger partial charge in [-0.15, -0.1) is 6.58 Å². The Hall–Kier alpha value is -2.04. The molecule has 0 saturated heterocycles. The van der Waals surface area contributed by atoms with Gasteiger partial charge < -0.3 is 4.74 Å². The molecule has 1 aromatic heterocycles. The highest BCUT2D eigenvalue weighted by atomic mass is 16.5. The monoisotopic (exact) mass is 290 g/mol. The van der Waals surface area contributed by atoms with Gasteiger partial charge in [-0.05, 0) is 25.8 Å². The number of rotatable bonds is 9. The molecule has 0 spiro atoms. The van der Waals surface area contributed by atoms with E-state index in [9.17, 15) is 9.59 Å². The van der Waals surface area contributed by atoms with Crippen molar-refractivity contribution in [1.29, 1.82) is 0 Å². The summed E-state index contributed by atoms with van der Waals surface area (Å²) in [5, 5.41) is 0. The maximum Gasteiger partial charge on any atom is 0.306 e. The second kappa shape index (κ2) is 9.00. The van der Waals surface area contributed by atoms with Gasteiger partial charge in [-0.25, -0.2) is 9.97 Å². The minimum atomic E-state index is -0.306. The summed E-state index contributed by atoms with van der Waals surface area (Å²) in [7, 11) is 0. The van der Waals surface area contributed by atoms with Crippen molar-refractivity contribution in [3.63, 3.8) is 0 Å². The van der Waals surface area contributed by atoms with Crippen LogP contribution >= 0.6 is 0 Å². The van der Waals surface area contributed by atoms with Gasteiger partial charge in [0.25, 0.3) is 0 Å². The molecule has 0 aliphatic rings. The first kappa shape index (κ1) is 17.0. The molecule has 0 aliphatic heterocycles. The highest BCUT2D eigenvalue weighted by molar-refractivity contribution is 5.80. The number of carbonyl (C=O) groups excluding carboxylic acids is 2. The number of hydrogen-bond donors (Lipinski definition) is 0. The van der Waals surface area contributed by atoms with E-state index in [4.69, 9.17) is 4.74 Å². The van der Waals surface area contributed by atoms with Crippen molar-refractivity contribution in [2.24, 2.45) is 0 Å². The minimum absolute atomic E-state index is 0.102. The Kier molecular flexibility index (Phi) is 7.29. The fourth-order valence-corrected chi connectivity index (χ4v) is 1.98. The van der Waals surface area contributed by atoms with E-state index in [0.29, 0.717) is 31.7 Å². The summed E-state index contributed by atoms with van der Waals surface area (Å²) in [6.07, 6.45) is 6.61. The van der Waals surface area contributed by atoms with Gasteiger partial charge in [-0.2, -0.15) is 0 Å². The van der Waals surface area contributed by atoms with Crippen molar-refractivity contribution in [2.75, 3.05) is 6.61 Å². The van der Waals surface area contributed by atoms with Crippen molar-refractivity contribution >= 4 is 11.8 Å². The highest BCUT2D eigenvalue weighted by Gasteiger charge is 2.20. The third-order valence-electron chi connectivity index (χ3n) is 3.09. The molecule has 1 heterocycles. The molecule has 0 fully saturated rings. The van der Waals surface area contributed by atoms with Crippen LogP contribution < -0.4 is 0 Å². The van der Waals surface area contributed by atoms with E-state index in [2.05, 4.69) is 16.5 Å². The Morgan fingerprint density at radius 2 is 2.00 bits per heavy atom. The topological polar surface area (TPSA) is 69.2 Å². The van der Waals surface area contributed by atoms with Gasteiger partial charge in [0.1, 0.15) is 11.6 Å². The lowest BCUT2D eigenvalue weighted by molar-refractivity contribution is -0.143. The van der Waals surface area contributed by atoms with Gasteiger partial charge in [-0.1, -0.05) is 6.08 Å². The summed E-state index contributed by atoms with van der Waals surface area (Å²) in [5.41, 5.74) is 0.792. The standard InChI is InChI=1S/C16H22N2O3/c1-4-6-7-15(19)8-13(9-16(20)21-5-2)14-10-17-12(3)18-11-14/h4,10-11,13H,1,5-9H2,2-3H3. The number of esters is 1. The van der Waals surface area contributed by atoms with E-state index in [0.717, 1.165) is 5.56 Å². The van der Waals surface area contributed by atoms with Crippen molar-refractivity contribution in [1.82, 2.24) is 9.97 Å². The van der Waals surface area contributed by atoms with E-state index in [1.807, 2.05) is 0 Å². The van der Waals surface area contributed by atoms with Gasteiger partial charge in [0, 0.05) is 31.2 Å². The SMILES string of the molecule is C=CCCC(=O)CC(CC(=O)OCC)c1cnc(C)nc1. The molecular formula is C16H22N2O3. The van der Waals surface area contributed by atoms with Crippen molar-refractivity contribution in [3.05, 3.63) is 36.4 Å². The van der Waals surface area contributed by atoms with E-state index >= 15 is 0 Å². The van der Waals surface area contributed by atoms with Crippen LogP contribution in [0.2, 0.25) is 0 Å². The Morgan fingerprint density at radius 1 is 1.33 bits per heavy atom. The summed E-state index contributed by atoms with van der Waals surface area (Å²) < 4.78 is 4.97. The summed E-state index contributed by atoms with van der Waals surface area (Å²) in [4.78, 5) is 31.9. The number of nitrogens with zero attached hydrogens (tertiary/aromatic N) is 2. The van der Waals surface area contributed by atoms with Crippen LogP contribution in [0.4, 0.5) is 0 Å². The summed E-state index contributed by atoms with van der Waals surface area (Å²) in [5.74, 6) is 0.220. The van der Waals surface area contributed by atoms with E-state index in [1.165, 1.54) is 0 Å². The highest BCUT2D eigenvalue weighted by Crippen LogP contribution is 2.24. The molecule has 1 atom stereocenters. The van der Waals surface area contributed by atoms with Crippen LogP contribution in [-0.4, -0.2) is 28.3 Å². The predicted octanol–water partition coefficient (Wildman–Crippen LogP) is 2.75. The van der Waals surface area contributed by atoms with Crippen molar-refractivity contribution in [2.45, 2.75) is 45.4 Å². The third kappa shape index (κ3) is 6.29. The van der Waals surface area contributed by atoms with Crippen LogP contribution in [0, 0.1) is 6.92 Å². The number of carbonyl (C=O) groups is 2. The lowest BCUT2D eigenvalue weighted by Gasteiger charge is -2.15. The average Bonchev–Trinajstić information content (AvgIpc) is 2.45. The fourth-order valence-electron chi connectivity index (χ4n) is 1.98. The van der Waals surface area contributed by atoms with Crippen LogP contribution in [0.1, 0.15) is 49.9 Å². The summed E-state index contributed by atoms with van der Waals surface area (Å²) >= 11 is 0. The number of ketones is 1. The minimum Gasteiger partial charge on any atom is -0.466 e. The van der Waals surface area contributed by atoms with Crippen LogP contribution in [0.25, 0.3) is 0 Å². The molecule has 5 nitrogen and oxygen atoms in total. The van der Waals surface area contributed by atoms with Gasteiger partial charge in [0.05, 0.1) is 13.0 Å². The van der Waals surface area contributed by atoms with Crippen molar-refractivity contribution < 1.29 is 14.3 Å². The Labute approximate surface area is 125 Å². The first-order chi connectivity index (χ1) is 10.1. The molecule has 1 rings (SSSR count). The molecular weight excluding hydrogens is 268 g/mol. The number of ether oxygens (including phenoxy) is 1. The van der Waals surface area contributed by atoms with Crippen LogP contribution in [-0.2, 0) is 14.3 Å². The molecule has 0 bridgehead atoms. The summed E-state index contributed by atoms with van der Waals surface area (Å²) in [6.45, 7) is 7.49. The molecule has 1 aromatic rings. The summed E-state index contributed by atoms with van der Waals surface area (Å²) in [6, 6.07) is 0. The zero-order chi connectivity index (χ0) is 15.7. The number of allylic oxidation sites excluding steroid dienone is 1. The van der Waals surface area contributed by atoms with Gasteiger partial charge in [0.2, 0.25) is 0 Å². The molecule has 0 amide bonds. The molecule has 5 heteroatoms. The molecule has 0 saturated carbocycles. The van der Waals surface area contributed by atoms with Crippen LogP contribution in [0.3, 0.4) is 0 Å². The lowest BCUT2D eigenvalue weighted by Crippen LogP contribution is -2.14. The van der Waals surface area contributed by atoms with Crippen LogP contribution in [0.15, 0.2) is 25.0 Å². The smallest absolute Gasteiger partial charge is 0.306 e. The Morgan fingerprint density at radius 3 is 2.57 bits per heavy atom. The zero-order valence-corrected chi connectivity index (χ0v) is 12.7. The second-order valence-electron chi connectivity index (χ2n) is 4.84. The molecule has 114 valence electrons. The average molecular weight is 290 g/mol. The van der Waals surface area contributed by atoms with Crippen molar-refractivity contribution in [3.8, 4) is 0 Å². The first-order valence-electron chi connectivity index (χ1n) is 7.13. The van der Waals surface area contributed by atoms with Gasteiger partial charge in [-0.3, -0.25) is 9.59 Å². The number of aryl methyl sites for hydroxylation is 1. The van der Waals surface area contributed by atoms with Gasteiger partial charge in [0.15, 0.2) is 0 Å². The maximum atomic E-state index is 12.0. The third-order valence-corrected chi connectivity index (χ3v) is 3.09. The van der Waals surface area contributed by atoms with E-state index in [1.54, 1.807) is 32.3 Å². The van der Waals surface area contributed by atoms with Gasteiger partial charge >= 0.3 is 5.97 Å². The maximum absolute atomic E-state index is 12.0. The molecule has 0 radical (unpaired) electrons. The predicted molar refractivity (Wildman–Crippen MR) is 79.8 cm³/mol. The Balaban J connectivity index is 2.78. The Bertz CT molecular complexity index is 483. The first-order valence-corrected chi connectivity index (χ1v) is 7.13. The normalized spacial score (nSPS) is 11.7. The molecule has 0 N–H and O–H groups in total. The van der Waals surface area contributed by atoms with Crippen LogP contribution in [0.5, 0.6) is 0 Å². The van der Waals surface area contributed by atoms with E-state index < -0.39 is 0 Å². The molecule has 1 unspecified atom stereocenters. The second-order valence-corrected chi connectivity index (χ2v) is 4.84. The molecule has 21 heavy (non-hydrogen) atoms. The fraction of sp³-hybridized carbons (Fsp3) is 0.500. The van der Waals surface area contributed by atoms with E-state index in [-0.39, 0.29) is 24.1 Å². The molecule has 0 aromatic carbocycles. The zero-order valence-electron chi connectivity index (χ0n) is 12.7. The quantitative estimate of drug-likeness (QED) is 0.516. The number of aromatic nitrogens is 2. The largest absolute Gasteiger partial charge is 0.466 e. The lowest BCUT2D eigenvalue weighted by atomic mass is 9.91.